The summed E-state index contributed by atoms with van der Waals surface area (Å²) >= 11 is 5.83. The van der Waals surface area contributed by atoms with Crippen molar-refractivity contribution in [3.05, 3.63) is 34.9 Å². The number of hydrogen-bond donors (Lipinski definition) is 1. The summed E-state index contributed by atoms with van der Waals surface area (Å²) in [5.74, 6) is -0.155. The molecular formula is C17H18ClN3O3. The Morgan fingerprint density at radius 1 is 1.08 bits per heavy atom. The van der Waals surface area contributed by atoms with Crippen LogP contribution in [0.5, 0.6) is 0 Å². The smallest absolute Gasteiger partial charge is 0.251 e. The Kier molecular flexibility index (Phi) is 3.72. The number of carbonyl (C=O) groups excluding carboxylic acids is 3. The predicted octanol–water partition coefficient (Wildman–Crippen LogP) is 1.04. The third kappa shape index (κ3) is 2.45. The molecule has 0 bridgehead atoms. The van der Waals surface area contributed by atoms with Gasteiger partial charge in [-0.2, -0.15) is 0 Å². The van der Waals surface area contributed by atoms with Crippen LogP contribution in [0.1, 0.15) is 29.6 Å². The first kappa shape index (κ1) is 15.4. The van der Waals surface area contributed by atoms with Crippen LogP contribution in [-0.2, 0) is 9.59 Å². The van der Waals surface area contributed by atoms with Gasteiger partial charge < -0.3 is 15.1 Å². The van der Waals surface area contributed by atoms with Crippen molar-refractivity contribution in [1.29, 1.82) is 0 Å². The van der Waals surface area contributed by atoms with Gasteiger partial charge in [-0.1, -0.05) is 11.6 Å². The van der Waals surface area contributed by atoms with Crippen LogP contribution in [0, 0.1) is 0 Å². The lowest BCUT2D eigenvalue weighted by Crippen LogP contribution is -2.60. The van der Waals surface area contributed by atoms with Crippen LogP contribution < -0.4 is 5.32 Å². The molecule has 126 valence electrons. The molecule has 0 radical (unpaired) electrons. The van der Waals surface area contributed by atoms with E-state index in [1.807, 2.05) is 0 Å². The Balaban J connectivity index is 1.46. The van der Waals surface area contributed by atoms with Crippen LogP contribution in [0.2, 0.25) is 5.02 Å². The highest BCUT2D eigenvalue weighted by molar-refractivity contribution is 6.30. The molecular weight excluding hydrogens is 330 g/mol. The maximum Gasteiger partial charge on any atom is 0.251 e. The minimum atomic E-state index is -0.428. The zero-order valence-electron chi connectivity index (χ0n) is 13.1. The number of rotatable bonds is 2. The molecule has 7 heteroatoms. The second-order valence-electron chi connectivity index (χ2n) is 6.61. The number of nitrogens with one attached hydrogen (secondary N) is 1. The van der Waals surface area contributed by atoms with Crippen molar-refractivity contribution < 1.29 is 14.4 Å². The topological polar surface area (TPSA) is 69.7 Å². The van der Waals surface area contributed by atoms with Gasteiger partial charge in [-0.05, 0) is 43.5 Å². The monoisotopic (exact) mass is 347 g/mol. The molecule has 3 amide bonds. The number of benzene rings is 1. The number of carbonyl (C=O) groups is 3. The molecule has 1 aromatic rings. The first-order chi connectivity index (χ1) is 11.5. The third-order valence-electron chi connectivity index (χ3n) is 5.13. The average Bonchev–Trinajstić information content (AvgIpc) is 3.20. The molecule has 3 aliphatic rings. The van der Waals surface area contributed by atoms with Gasteiger partial charge in [-0.15, -0.1) is 0 Å². The van der Waals surface area contributed by atoms with E-state index in [1.165, 1.54) is 0 Å². The predicted molar refractivity (Wildman–Crippen MR) is 87.6 cm³/mol. The van der Waals surface area contributed by atoms with Crippen LogP contribution in [-0.4, -0.2) is 58.7 Å². The van der Waals surface area contributed by atoms with Crippen LogP contribution >= 0.6 is 11.6 Å². The fourth-order valence-corrected chi connectivity index (χ4v) is 4.08. The standard InChI is InChI=1S/C17H18ClN3O3/c18-11-5-3-10(4-6-11)15(22)19-12-8-14-17(24)20-7-1-2-13(20)16(23)21(14)9-12/h3-6,12-14H,1-2,7-9H2,(H,19,22)/t12-,13-,14-/m0/s1. The van der Waals surface area contributed by atoms with E-state index in [4.69, 9.17) is 11.6 Å². The summed E-state index contributed by atoms with van der Waals surface area (Å²) in [6.07, 6.45) is 2.11. The number of nitrogens with zero attached hydrogens (tertiary/aromatic N) is 2. The van der Waals surface area contributed by atoms with Gasteiger partial charge in [0.05, 0.1) is 0 Å². The Hall–Kier alpha value is -2.08. The van der Waals surface area contributed by atoms with E-state index in [2.05, 4.69) is 5.32 Å². The minimum Gasteiger partial charge on any atom is -0.347 e. The van der Waals surface area contributed by atoms with Gasteiger partial charge in [0, 0.05) is 29.7 Å². The van der Waals surface area contributed by atoms with Gasteiger partial charge in [0.2, 0.25) is 11.8 Å². The highest BCUT2D eigenvalue weighted by Crippen LogP contribution is 2.32. The van der Waals surface area contributed by atoms with Crippen molar-refractivity contribution in [2.45, 2.75) is 37.4 Å². The molecule has 0 aromatic heterocycles. The molecule has 0 spiro atoms. The van der Waals surface area contributed by atoms with Crippen LogP contribution in [0.3, 0.4) is 0 Å². The van der Waals surface area contributed by atoms with Crippen molar-refractivity contribution in [2.75, 3.05) is 13.1 Å². The number of halogens is 1. The van der Waals surface area contributed by atoms with Gasteiger partial charge in [0.25, 0.3) is 5.91 Å². The van der Waals surface area contributed by atoms with Crippen LogP contribution in [0.15, 0.2) is 24.3 Å². The molecule has 3 atom stereocenters. The molecule has 1 aromatic carbocycles. The van der Waals surface area contributed by atoms with Gasteiger partial charge in [0.15, 0.2) is 0 Å². The lowest BCUT2D eigenvalue weighted by atomic mass is 10.1. The summed E-state index contributed by atoms with van der Waals surface area (Å²) in [6, 6.07) is 5.72. The second-order valence-corrected chi connectivity index (χ2v) is 7.05. The van der Waals surface area contributed by atoms with Gasteiger partial charge in [0.1, 0.15) is 12.1 Å². The summed E-state index contributed by atoms with van der Waals surface area (Å²) in [6.45, 7) is 1.07. The number of amides is 3. The van der Waals surface area contributed by atoms with E-state index in [-0.39, 0.29) is 29.8 Å². The molecule has 4 rings (SSSR count). The maximum atomic E-state index is 12.6. The SMILES string of the molecule is O=C(N[C@H]1C[C@H]2C(=O)N3CCC[C@H]3C(=O)N2C1)c1ccc(Cl)cc1. The van der Waals surface area contributed by atoms with E-state index in [0.29, 0.717) is 30.1 Å². The lowest BCUT2D eigenvalue weighted by molar-refractivity contribution is -0.156. The fraction of sp³-hybridized carbons (Fsp3) is 0.471. The molecule has 0 aliphatic carbocycles. The number of hydrogen-bond acceptors (Lipinski definition) is 3. The van der Waals surface area contributed by atoms with E-state index in [0.717, 1.165) is 12.8 Å². The zero-order valence-corrected chi connectivity index (χ0v) is 13.8. The summed E-state index contributed by atoms with van der Waals surface area (Å²) in [5, 5.41) is 3.50. The Morgan fingerprint density at radius 2 is 1.79 bits per heavy atom. The molecule has 1 N–H and O–H groups in total. The Labute approximate surface area is 144 Å². The molecule has 24 heavy (non-hydrogen) atoms. The fourth-order valence-electron chi connectivity index (χ4n) is 3.96. The van der Waals surface area contributed by atoms with Crippen LogP contribution in [0.4, 0.5) is 0 Å². The largest absolute Gasteiger partial charge is 0.347 e. The van der Waals surface area contributed by atoms with Gasteiger partial charge in [-0.25, -0.2) is 0 Å². The van der Waals surface area contributed by atoms with Crippen molar-refractivity contribution in [3.8, 4) is 0 Å². The second kappa shape index (κ2) is 5.77. The summed E-state index contributed by atoms with van der Waals surface area (Å²) in [7, 11) is 0. The first-order valence-electron chi connectivity index (χ1n) is 8.22. The first-order valence-corrected chi connectivity index (χ1v) is 8.60. The molecule has 6 nitrogen and oxygen atoms in total. The normalized spacial score (nSPS) is 28.8. The zero-order chi connectivity index (χ0) is 16.8. The minimum absolute atomic E-state index is 0.0281. The molecule has 3 aliphatic heterocycles. The van der Waals surface area contributed by atoms with Gasteiger partial charge in [-0.3, -0.25) is 14.4 Å². The van der Waals surface area contributed by atoms with Gasteiger partial charge >= 0.3 is 0 Å². The summed E-state index contributed by atoms with van der Waals surface area (Å²) in [5.41, 5.74) is 0.516. The highest BCUT2D eigenvalue weighted by atomic mass is 35.5. The number of piperazine rings is 1. The van der Waals surface area contributed by atoms with E-state index >= 15 is 0 Å². The highest BCUT2D eigenvalue weighted by Gasteiger charge is 2.51. The molecule has 3 fully saturated rings. The molecule has 3 heterocycles. The van der Waals surface area contributed by atoms with E-state index in [9.17, 15) is 14.4 Å². The molecule has 0 unspecified atom stereocenters. The van der Waals surface area contributed by atoms with Crippen molar-refractivity contribution in [1.82, 2.24) is 15.1 Å². The lowest BCUT2D eigenvalue weighted by Gasteiger charge is -2.38. The average molecular weight is 348 g/mol. The van der Waals surface area contributed by atoms with Crippen molar-refractivity contribution >= 4 is 29.3 Å². The summed E-state index contributed by atoms with van der Waals surface area (Å²) in [4.78, 5) is 40.8. The number of fused-ring (bicyclic) bond motifs is 2. The third-order valence-corrected chi connectivity index (χ3v) is 5.38. The van der Waals surface area contributed by atoms with Crippen LogP contribution in [0.25, 0.3) is 0 Å². The molecule has 3 saturated heterocycles. The van der Waals surface area contributed by atoms with E-state index < -0.39 is 6.04 Å². The van der Waals surface area contributed by atoms with Crippen molar-refractivity contribution in [3.63, 3.8) is 0 Å². The summed E-state index contributed by atoms with van der Waals surface area (Å²) < 4.78 is 0. The maximum absolute atomic E-state index is 12.6. The van der Waals surface area contributed by atoms with E-state index in [1.54, 1.807) is 34.1 Å². The van der Waals surface area contributed by atoms with Crippen molar-refractivity contribution in [2.24, 2.45) is 0 Å². The Morgan fingerprint density at radius 3 is 2.54 bits per heavy atom. The Bertz CT molecular complexity index is 676. The molecule has 0 saturated carbocycles. The quantitative estimate of drug-likeness (QED) is 0.869.